The Morgan fingerprint density at radius 2 is 1.47 bits per heavy atom. The number of aliphatic hydroxyl groups is 1. The normalized spacial score (nSPS) is 32.6. The highest BCUT2D eigenvalue weighted by atomic mass is 16.3. The zero-order valence-corrected chi connectivity index (χ0v) is 11.4. The van der Waals surface area contributed by atoms with Crippen LogP contribution in [0.5, 0.6) is 0 Å². The average molecular weight is 239 g/mol. The van der Waals surface area contributed by atoms with Crippen LogP contribution in [-0.2, 0) is 0 Å². The van der Waals surface area contributed by atoms with Crippen molar-refractivity contribution in [1.29, 1.82) is 0 Å². The van der Waals surface area contributed by atoms with Gasteiger partial charge in [0.05, 0.1) is 6.10 Å². The molecule has 1 N–H and O–H groups in total. The first-order valence-electron chi connectivity index (χ1n) is 7.76. The lowest BCUT2D eigenvalue weighted by Crippen LogP contribution is -2.48. The quantitative estimate of drug-likeness (QED) is 0.816. The third-order valence-corrected chi connectivity index (χ3v) is 4.78. The molecule has 2 saturated carbocycles. The molecule has 2 atom stereocenters. The van der Waals surface area contributed by atoms with Gasteiger partial charge in [0, 0.05) is 12.1 Å². The van der Waals surface area contributed by atoms with Gasteiger partial charge >= 0.3 is 0 Å². The Hall–Kier alpha value is -0.0800. The van der Waals surface area contributed by atoms with Crippen molar-refractivity contribution >= 4 is 0 Å². The zero-order valence-electron chi connectivity index (χ0n) is 11.4. The molecule has 2 unspecified atom stereocenters. The molecule has 0 aromatic heterocycles. The van der Waals surface area contributed by atoms with E-state index in [4.69, 9.17) is 0 Å². The van der Waals surface area contributed by atoms with Crippen molar-refractivity contribution in [2.75, 3.05) is 6.54 Å². The summed E-state index contributed by atoms with van der Waals surface area (Å²) in [6.45, 7) is 3.39. The van der Waals surface area contributed by atoms with Crippen LogP contribution in [0.15, 0.2) is 0 Å². The van der Waals surface area contributed by atoms with Gasteiger partial charge in [-0.15, -0.1) is 0 Å². The van der Waals surface area contributed by atoms with Crippen LogP contribution in [0.2, 0.25) is 0 Å². The fourth-order valence-electron chi connectivity index (χ4n) is 3.83. The van der Waals surface area contributed by atoms with Gasteiger partial charge in [0.25, 0.3) is 0 Å². The maximum Gasteiger partial charge on any atom is 0.0695 e. The summed E-state index contributed by atoms with van der Waals surface area (Å²) in [5.41, 5.74) is 0. The lowest BCUT2D eigenvalue weighted by molar-refractivity contribution is 0.0124. The van der Waals surface area contributed by atoms with Crippen molar-refractivity contribution in [3.05, 3.63) is 0 Å². The second-order valence-electron chi connectivity index (χ2n) is 5.89. The molecule has 2 nitrogen and oxygen atoms in total. The maximum atomic E-state index is 10.4. The van der Waals surface area contributed by atoms with Gasteiger partial charge in [-0.1, -0.05) is 45.4 Å². The van der Waals surface area contributed by atoms with Crippen molar-refractivity contribution < 1.29 is 5.11 Å². The molecule has 0 aromatic carbocycles. The predicted octanol–water partition coefficient (Wildman–Crippen LogP) is 3.33. The molecule has 0 saturated heterocycles. The van der Waals surface area contributed by atoms with Gasteiger partial charge in [0.15, 0.2) is 0 Å². The maximum absolute atomic E-state index is 10.4. The largest absolute Gasteiger partial charge is 0.391 e. The fourth-order valence-corrected chi connectivity index (χ4v) is 3.83. The van der Waals surface area contributed by atoms with Gasteiger partial charge in [-0.05, 0) is 32.2 Å². The zero-order chi connectivity index (χ0) is 12.1. The van der Waals surface area contributed by atoms with E-state index in [-0.39, 0.29) is 6.10 Å². The summed E-state index contributed by atoms with van der Waals surface area (Å²) in [7, 11) is 0. The minimum atomic E-state index is -0.0733. The van der Waals surface area contributed by atoms with Crippen molar-refractivity contribution in [3.8, 4) is 0 Å². The Balaban J connectivity index is 1.98. The second-order valence-corrected chi connectivity index (χ2v) is 5.89. The topological polar surface area (TPSA) is 23.5 Å². The molecule has 2 fully saturated rings. The highest BCUT2D eigenvalue weighted by Gasteiger charge is 2.31. The fraction of sp³-hybridized carbons (Fsp3) is 1.00. The van der Waals surface area contributed by atoms with Crippen molar-refractivity contribution in [2.24, 2.45) is 0 Å². The van der Waals surface area contributed by atoms with Gasteiger partial charge in [-0.25, -0.2) is 0 Å². The van der Waals surface area contributed by atoms with Gasteiger partial charge in [-0.3, -0.25) is 4.90 Å². The lowest BCUT2D eigenvalue weighted by Gasteiger charge is -2.39. The van der Waals surface area contributed by atoms with E-state index in [1.807, 2.05) is 0 Å². The molecular formula is C15H29NO. The van der Waals surface area contributed by atoms with E-state index in [9.17, 15) is 5.11 Å². The van der Waals surface area contributed by atoms with Crippen LogP contribution in [0.3, 0.4) is 0 Å². The third-order valence-electron chi connectivity index (χ3n) is 4.78. The molecule has 0 spiro atoms. The first-order valence-corrected chi connectivity index (χ1v) is 7.76. The molecular weight excluding hydrogens is 210 g/mol. The average Bonchev–Trinajstić information content (AvgIpc) is 2.82. The van der Waals surface area contributed by atoms with Crippen LogP contribution >= 0.6 is 0 Å². The summed E-state index contributed by atoms with van der Waals surface area (Å²) in [6.07, 6.45) is 12.9. The Bertz CT molecular complexity index is 213. The molecule has 2 heteroatoms. The second kappa shape index (κ2) is 6.75. The van der Waals surface area contributed by atoms with Crippen molar-refractivity contribution in [2.45, 2.75) is 89.3 Å². The van der Waals surface area contributed by atoms with Gasteiger partial charge < -0.3 is 5.11 Å². The van der Waals surface area contributed by atoms with E-state index in [1.165, 1.54) is 57.8 Å². The van der Waals surface area contributed by atoms with Crippen molar-refractivity contribution in [1.82, 2.24) is 4.90 Å². The summed E-state index contributed by atoms with van der Waals surface area (Å²) >= 11 is 0. The minimum absolute atomic E-state index is 0.0733. The molecule has 2 aliphatic carbocycles. The van der Waals surface area contributed by atoms with E-state index in [0.717, 1.165) is 19.0 Å². The minimum Gasteiger partial charge on any atom is -0.391 e. The van der Waals surface area contributed by atoms with Gasteiger partial charge in [0.1, 0.15) is 0 Å². The number of aliphatic hydroxyl groups excluding tert-OH is 1. The summed E-state index contributed by atoms with van der Waals surface area (Å²) in [6, 6.07) is 1.21. The highest BCUT2D eigenvalue weighted by molar-refractivity contribution is 4.87. The first kappa shape index (κ1) is 13.4. The van der Waals surface area contributed by atoms with Crippen LogP contribution in [0.4, 0.5) is 0 Å². The molecule has 2 aliphatic rings. The Morgan fingerprint density at radius 1 is 0.882 bits per heavy atom. The monoisotopic (exact) mass is 239 g/mol. The van der Waals surface area contributed by atoms with E-state index in [1.54, 1.807) is 0 Å². The molecule has 0 bridgehead atoms. The third kappa shape index (κ3) is 3.45. The summed E-state index contributed by atoms with van der Waals surface area (Å²) in [5, 5.41) is 10.4. The molecule has 100 valence electrons. The van der Waals surface area contributed by atoms with E-state index >= 15 is 0 Å². The van der Waals surface area contributed by atoms with Crippen LogP contribution < -0.4 is 0 Å². The number of hydrogen-bond donors (Lipinski definition) is 1. The Morgan fingerprint density at radius 3 is 2.12 bits per heavy atom. The van der Waals surface area contributed by atoms with Crippen LogP contribution in [0.1, 0.15) is 71.1 Å². The standard InChI is InChI=1S/C15H29NO/c1-2-16(13-9-7-8-10-13)14-11-5-3-4-6-12-15(14)17/h13-15,17H,2-12H2,1H3. The lowest BCUT2D eigenvalue weighted by atomic mass is 9.92. The highest BCUT2D eigenvalue weighted by Crippen LogP contribution is 2.29. The Kier molecular flexibility index (Phi) is 5.30. The Labute approximate surface area is 106 Å². The predicted molar refractivity (Wildman–Crippen MR) is 72.1 cm³/mol. The smallest absolute Gasteiger partial charge is 0.0695 e. The SMILES string of the molecule is CCN(C1CCCC1)C1CCCCCCC1O. The van der Waals surface area contributed by atoms with Crippen LogP contribution in [0, 0.1) is 0 Å². The number of rotatable bonds is 3. The van der Waals surface area contributed by atoms with Gasteiger partial charge in [-0.2, -0.15) is 0 Å². The molecule has 0 aromatic rings. The van der Waals surface area contributed by atoms with E-state index < -0.39 is 0 Å². The van der Waals surface area contributed by atoms with E-state index in [2.05, 4.69) is 11.8 Å². The molecule has 0 amide bonds. The number of likely N-dealkylation sites (N-methyl/N-ethyl adjacent to an activating group) is 1. The molecule has 0 radical (unpaired) electrons. The van der Waals surface area contributed by atoms with Gasteiger partial charge in [0.2, 0.25) is 0 Å². The first-order chi connectivity index (χ1) is 8.33. The molecule has 17 heavy (non-hydrogen) atoms. The summed E-state index contributed by atoms with van der Waals surface area (Å²) in [5.74, 6) is 0. The van der Waals surface area contributed by atoms with Crippen LogP contribution in [-0.4, -0.2) is 34.7 Å². The number of hydrogen-bond acceptors (Lipinski definition) is 2. The summed E-state index contributed by atoms with van der Waals surface area (Å²) in [4.78, 5) is 2.63. The number of nitrogens with zero attached hydrogens (tertiary/aromatic N) is 1. The molecule has 2 rings (SSSR count). The molecule has 0 heterocycles. The molecule has 0 aliphatic heterocycles. The van der Waals surface area contributed by atoms with Crippen molar-refractivity contribution in [3.63, 3.8) is 0 Å². The van der Waals surface area contributed by atoms with Crippen LogP contribution in [0.25, 0.3) is 0 Å². The van der Waals surface area contributed by atoms with E-state index in [0.29, 0.717) is 6.04 Å². The summed E-state index contributed by atoms with van der Waals surface area (Å²) < 4.78 is 0.